The summed E-state index contributed by atoms with van der Waals surface area (Å²) in [7, 11) is 0. The molecular weight excluding hydrogens is 268 g/mol. The van der Waals surface area contributed by atoms with Crippen LogP contribution >= 0.6 is 0 Å². The Kier molecular flexibility index (Phi) is 11.2. The van der Waals surface area contributed by atoms with Crippen LogP contribution in [0.4, 0.5) is 0 Å². The lowest BCUT2D eigenvalue weighted by Crippen LogP contribution is -1.87. The molecule has 0 radical (unpaired) electrons. The number of hydrogen-bond donors (Lipinski definition) is 1. The van der Waals surface area contributed by atoms with Gasteiger partial charge < -0.3 is 5.41 Å². The number of rotatable bonds is 13. The second kappa shape index (κ2) is 13.2. The topological polar surface area (TPSA) is 36.2 Å². The van der Waals surface area contributed by atoms with E-state index >= 15 is 0 Å². The van der Waals surface area contributed by atoms with Gasteiger partial charge in [-0.25, -0.2) is 0 Å². The van der Waals surface area contributed by atoms with Crippen LogP contribution in [0.15, 0.2) is 29.3 Å². The van der Waals surface area contributed by atoms with Crippen molar-refractivity contribution < 1.29 is 0 Å². The average Bonchev–Trinajstić information content (AvgIpc) is 2.56. The minimum absolute atomic E-state index is 0.933. The molecule has 0 amide bonds. The standard InChI is InChI=1S/C20H32N2/c1-2-3-4-5-6-7-8-9-10-11-16-22-18-20-14-12-19(17-21)13-15-20/h12-15,17-18,21H,2-11,16H2,1H3. The molecule has 0 unspecified atom stereocenters. The molecule has 2 heteroatoms. The summed E-state index contributed by atoms with van der Waals surface area (Å²) >= 11 is 0. The molecule has 1 aromatic carbocycles. The van der Waals surface area contributed by atoms with Crippen molar-refractivity contribution in [3.63, 3.8) is 0 Å². The Morgan fingerprint density at radius 2 is 1.27 bits per heavy atom. The van der Waals surface area contributed by atoms with E-state index in [0.29, 0.717) is 0 Å². The van der Waals surface area contributed by atoms with Crippen LogP contribution in [0.25, 0.3) is 0 Å². The molecule has 0 aliphatic carbocycles. The predicted molar refractivity (Wildman–Crippen MR) is 98.6 cm³/mol. The first-order chi connectivity index (χ1) is 10.9. The fourth-order valence-electron chi connectivity index (χ4n) is 2.54. The van der Waals surface area contributed by atoms with Crippen molar-refractivity contribution in [1.82, 2.24) is 0 Å². The molecule has 1 N–H and O–H groups in total. The van der Waals surface area contributed by atoms with Gasteiger partial charge in [0.1, 0.15) is 0 Å². The molecule has 22 heavy (non-hydrogen) atoms. The first-order valence-corrected chi connectivity index (χ1v) is 8.97. The Bertz CT molecular complexity index is 406. The molecule has 0 spiro atoms. The van der Waals surface area contributed by atoms with Gasteiger partial charge in [-0.15, -0.1) is 0 Å². The van der Waals surface area contributed by atoms with Gasteiger partial charge >= 0.3 is 0 Å². The second-order valence-electron chi connectivity index (χ2n) is 6.03. The molecule has 0 aromatic heterocycles. The number of nitrogens with one attached hydrogen (secondary N) is 1. The van der Waals surface area contributed by atoms with Gasteiger partial charge in [-0.2, -0.15) is 0 Å². The molecule has 0 bridgehead atoms. The Morgan fingerprint density at radius 1 is 0.773 bits per heavy atom. The fraction of sp³-hybridized carbons (Fsp3) is 0.600. The molecule has 2 nitrogen and oxygen atoms in total. The zero-order valence-electron chi connectivity index (χ0n) is 14.2. The maximum atomic E-state index is 7.16. The van der Waals surface area contributed by atoms with Crippen LogP contribution in [0.5, 0.6) is 0 Å². The molecule has 1 aromatic rings. The van der Waals surface area contributed by atoms with Gasteiger partial charge in [0, 0.05) is 19.0 Å². The Balaban J connectivity index is 1.94. The summed E-state index contributed by atoms with van der Waals surface area (Å²) in [6.07, 6.45) is 17.0. The average molecular weight is 300 g/mol. The lowest BCUT2D eigenvalue weighted by Gasteiger charge is -2.01. The van der Waals surface area contributed by atoms with E-state index in [0.717, 1.165) is 17.7 Å². The Hall–Kier alpha value is -1.44. The monoisotopic (exact) mass is 300 g/mol. The van der Waals surface area contributed by atoms with E-state index in [-0.39, 0.29) is 0 Å². The minimum Gasteiger partial charge on any atom is -0.308 e. The summed E-state index contributed by atoms with van der Waals surface area (Å²) in [6.45, 7) is 3.20. The van der Waals surface area contributed by atoms with Crippen LogP contribution in [-0.4, -0.2) is 19.0 Å². The number of benzene rings is 1. The van der Waals surface area contributed by atoms with Gasteiger partial charge in [0.2, 0.25) is 0 Å². The van der Waals surface area contributed by atoms with E-state index in [1.807, 2.05) is 30.5 Å². The highest BCUT2D eigenvalue weighted by Crippen LogP contribution is 2.10. The van der Waals surface area contributed by atoms with Crippen molar-refractivity contribution >= 4 is 12.4 Å². The zero-order chi connectivity index (χ0) is 15.9. The largest absolute Gasteiger partial charge is 0.308 e. The number of nitrogens with zero attached hydrogens (tertiary/aromatic N) is 1. The quantitative estimate of drug-likeness (QED) is 0.341. The highest BCUT2D eigenvalue weighted by Gasteiger charge is 1.92. The molecule has 0 atom stereocenters. The molecule has 0 saturated heterocycles. The number of unbranched alkanes of at least 4 members (excludes halogenated alkanes) is 9. The summed E-state index contributed by atoms with van der Waals surface area (Å²) in [6, 6.07) is 7.94. The van der Waals surface area contributed by atoms with E-state index in [4.69, 9.17) is 5.41 Å². The SMILES string of the molecule is CCCCCCCCCCCCN=Cc1ccc(C=N)cc1. The van der Waals surface area contributed by atoms with Crippen LogP contribution in [-0.2, 0) is 0 Å². The van der Waals surface area contributed by atoms with Crippen molar-refractivity contribution in [2.45, 2.75) is 71.1 Å². The van der Waals surface area contributed by atoms with E-state index in [1.54, 1.807) is 0 Å². The summed E-state index contributed by atoms with van der Waals surface area (Å²) < 4.78 is 0. The van der Waals surface area contributed by atoms with Crippen LogP contribution in [0.3, 0.4) is 0 Å². The molecule has 1 rings (SSSR count). The minimum atomic E-state index is 0.933. The van der Waals surface area contributed by atoms with Gasteiger partial charge in [0.25, 0.3) is 0 Å². The second-order valence-corrected chi connectivity index (χ2v) is 6.03. The molecule has 0 heterocycles. The van der Waals surface area contributed by atoms with Crippen molar-refractivity contribution in [2.24, 2.45) is 4.99 Å². The molecule has 0 aliphatic rings. The third-order valence-corrected chi connectivity index (χ3v) is 3.98. The lowest BCUT2D eigenvalue weighted by molar-refractivity contribution is 0.558. The van der Waals surface area contributed by atoms with Crippen molar-refractivity contribution in [2.75, 3.05) is 6.54 Å². The van der Waals surface area contributed by atoms with E-state index in [9.17, 15) is 0 Å². The molecule has 0 fully saturated rings. The van der Waals surface area contributed by atoms with Gasteiger partial charge in [-0.05, 0) is 17.5 Å². The molecule has 0 saturated carbocycles. The van der Waals surface area contributed by atoms with Crippen molar-refractivity contribution in [3.05, 3.63) is 35.4 Å². The summed E-state index contributed by atoms with van der Waals surface area (Å²) in [5.74, 6) is 0. The van der Waals surface area contributed by atoms with Crippen LogP contribution in [0.2, 0.25) is 0 Å². The third kappa shape index (κ3) is 9.49. The Labute approximate surface area is 136 Å². The number of hydrogen-bond acceptors (Lipinski definition) is 2. The highest BCUT2D eigenvalue weighted by molar-refractivity contribution is 5.82. The third-order valence-electron chi connectivity index (χ3n) is 3.98. The summed E-state index contributed by atoms with van der Waals surface area (Å²) in [4.78, 5) is 4.48. The van der Waals surface area contributed by atoms with Gasteiger partial charge in [-0.3, -0.25) is 4.99 Å². The van der Waals surface area contributed by atoms with Crippen LogP contribution < -0.4 is 0 Å². The fourth-order valence-corrected chi connectivity index (χ4v) is 2.54. The van der Waals surface area contributed by atoms with Gasteiger partial charge in [0.15, 0.2) is 0 Å². The smallest absolute Gasteiger partial charge is 0.0389 e. The maximum Gasteiger partial charge on any atom is 0.0389 e. The summed E-state index contributed by atoms with van der Waals surface area (Å²) in [5, 5.41) is 7.16. The first kappa shape index (κ1) is 18.6. The van der Waals surface area contributed by atoms with E-state index in [2.05, 4.69) is 11.9 Å². The molecule has 0 aliphatic heterocycles. The van der Waals surface area contributed by atoms with Crippen molar-refractivity contribution in [3.8, 4) is 0 Å². The van der Waals surface area contributed by atoms with Crippen molar-refractivity contribution in [1.29, 1.82) is 5.41 Å². The van der Waals surface area contributed by atoms with E-state index < -0.39 is 0 Å². The predicted octanol–water partition coefficient (Wildman–Crippen LogP) is 6.02. The van der Waals surface area contributed by atoms with Crippen LogP contribution in [0.1, 0.15) is 82.3 Å². The summed E-state index contributed by atoms with van der Waals surface area (Å²) in [5.41, 5.74) is 2.06. The Morgan fingerprint density at radius 3 is 1.82 bits per heavy atom. The van der Waals surface area contributed by atoms with Gasteiger partial charge in [0.05, 0.1) is 0 Å². The first-order valence-electron chi connectivity index (χ1n) is 8.97. The normalized spacial score (nSPS) is 11.1. The molecular formula is C20H32N2. The van der Waals surface area contributed by atoms with Crippen LogP contribution in [0, 0.1) is 5.41 Å². The zero-order valence-corrected chi connectivity index (χ0v) is 14.2. The van der Waals surface area contributed by atoms with Gasteiger partial charge in [-0.1, -0.05) is 89.0 Å². The molecule has 122 valence electrons. The maximum absolute atomic E-state index is 7.16. The lowest BCUT2D eigenvalue weighted by atomic mass is 10.1. The highest BCUT2D eigenvalue weighted by atomic mass is 14.7. The van der Waals surface area contributed by atoms with E-state index in [1.165, 1.54) is 70.4 Å². The number of aliphatic imine (C=N–C) groups is 1.